The summed E-state index contributed by atoms with van der Waals surface area (Å²) in [6.07, 6.45) is 3.08. The third-order valence-corrected chi connectivity index (χ3v) is 5.96. The van der Waals surface area contributed by atoms with E-state index in [0.29, 0.717) is 12.5 Å². The third-order valence-electron chi connectivity index (χ3n) is 4.92. The lowest BCUT2D eigenvalue weighted by molar-refractivity contribution is 0.0907. The second-order valence-electron chi connectivity index (χ2n) is 7.17. The number of ether oxygens (including phenoxy) is 1. The maximum absolute atomic E-state index is 5.95. The van der Waals surface area contributed by atoms with Crippen molar-refractivity contribution in [2.45, 2.75) is 39.7 Å². The molecule has 2 heterocycles. The van der Waals surface area contributed by atoms with Gasteiger partial charge in [0.2, 0.25) is 0 Å². The smallest absolute Gasteiger partial charge is 0.193 e. The third kappa shape index (κ3) is 6.31. The molecule has 1 fully saturated rings. The van der Waals surface area contributed by atoms with E-state index in [0.717, 1.165) is 63.7 Å². The van der Waals surface area contributed by atoms with Crippen molar-refractivity contribution in [2.75, 3.05) is 32.8 Å². The highest BCUT2D eigenvalue weighted by Crippen LogP contribution is 2.17. The number of aryl methyl sites for hydroxylation is 1. The predicted molar refractivity (Wildman–Crippen MR) is 117 cm³/mol. The average Bonchev–Trinajstić information content (AvgIpc) is 3.38. The first-order valence-electron chi connectivity index (χ1n) is 10.4. The lowest BCUT2D eigenvalue weighted by Gasteiger charge is -2.21. The Morgan fingerprint density at radius 2 is 2.18 bits per heavy atom. The molecule has 6 heteroatoms. The summed E-state index contributed by atoms with van der Waals surface area (Å²) in [6.45, 7) is 9.50. The molecule has 1 saturated heterocycles. The van der Waals surface area contributed by atoms with Gasteiger partial charge in [0.15, 0.2) is 5.96 Å². The summed E-state index contributed by atoms with van der Waals surface area (Å²) in [5.41, 5.74) is 2.40. The topological polar surface area (TPSA) is 49.8 Å². The first-order valence-corrected chi connectivity index (χ1v) is 11.2. The van der Waals surface area contributed by atoms with Crippen molar-refractivity contribution in [3.63, 3.8) is 0 Å². The van der Waals surface area contributed by atoms with E-state index < -0.39 is 0 Å². The van der Waals surface area contributed by atoms with Crippen LogP contribution in [-0.2, 0) is 24.2 Å². The summed E-state index contributed by atoms with van der Waals surface area (Å²) in [7, 11) is 0. The number of guanidine groups is 1. The fourth-order valence-corrected chi connectivity index (χ4v) is 4.19. The molecule has 0 radical (unpaired) electrons. The molecule has 152 valence electrons. The second kappa shape index (κ2) is 11.2. The Hall–Kier alpha value is -1.92. The Bertz CT molecular complexity index is 731. The van der Waals surface area contributed by atoms with E-state index >= 15 is 0 Å². The molecule has 0 amide bonds. The Labute approximate surface area is 172 Å². The minimum Gasteiger partial charge on any atom is -0.376 e. The van der Waals surface area contributed by atoms with Crippen LogP contribution in [0.1, 0.15) is 36.5 Å². The fourth-order valence-electron chi connectivity index (χ4n) is 3.41. The second-order valence-corrected chi connectivity index (χ2v) is 8.12. The molecule has 1 aliphatic heterocycles. The molecule has 1 aromatic heterocycles. The van der Waals surface area contributed by atoms with Crippen molar-refractivity contribution in [3.05, 3.63) is 52.0 Å². The van der Waals surface area contributed by atoms with Gasteiger partial charge in [-0.1, -0.05) is 37.3 Å². The molecule has 1 atom stereocenters. The Morgan fingerprint density at radius 3 is 2.93 bits per heavy atom. The number of hydrogen-bond donors (Lipinski definition) is 1. The summed E-state index contributed by atoms with van der Waals surface area (Å²) in [6, 6.07) is 10.4. The van der Waals surface area contributed by atoms with Crippen molar-refractivity contribution < 1.29 is 4.74 Å². The van der Waals surface area contributed by atoms with Crippen LogP contribution in [0.5, 0.6) is 0 Å². The van der Waals surface area contributed by atoms with Gasteiger partial charge in [-0.3, -0.25) is 4.99 Å². The SMILES string of the molecule is CCNC(=NCCc1csc(CC)n1)N1CCC(COCc2ccccc2)C1. The van der Waals surface area contributed by atoms with Crippen molar-refractivity contribution >= 4 is 17.3 Å². The highest BCUT2D eigenvalue weighted by molar-refractivity contribution is 7.09. The molecule has 1 N–H and O–H groups in total. The standard InChI is InChI=1S/C22H32N4OS/c1-3-21-25-20(17-28-21)10-12-24-22(23-4-2)26-13-11-19(14-26)16-27-15-18-8-6-5-7-9-18/h5-9,17,19H,3-4,10-16H2,1-2H3,(H,23,24). The van der Waals surface area contributed by atoms with Gasteiger partial charge >= 0.3 is 0 Å². The molecule has 1 aliphatic rings. The van der Waals surface area contributed by atoms with Gasteiger partial charge in [0, 0.05) is 43.9 Å². The Balaban J connectivity index is 1.44. The zero-order chi connectivity index (χ0) is 19.6. The van der Waals surface area contributed by atoms with Gasteiger partial charge in [-0.25, -0.2) is 4.98 Å². The number of aliphatic imine (C=N–C) groups is 1. The summed E-state index contributed by atoms with van der Waals surface area (Å²) < 4.78 is 5.95. The first kappa shape index (κ1) is 20.8. The predicted octanol–water partition coefficient (Wildman–Crippen LogP) is 3.75. The van der Waals surface area contributed by atoms with E-state index in [-0.39, 0.29) is 0 Å². The highest BCUT2D eigenvalue weighted by atomic mass is 32.1. The van der Waals surface area contributed by atoms with E-state index in [1.807, 2.05) is 6.07 Å². The minimum atomic E-state index is 0.568. The number of aromatic nitrogens is 1. The molecule has 0 spiro atoms. The summed E-state index contributed by atoms with van der Waals surface area (Å²) in [5.74, 6) is 1.59. The van der Waals surface area contributed by atoms with Gasteiger partial charge in [-0.15, -0.1) is 11.3 Å². The maximum atomic E-state index is 5.95. The number of likely N-dealkylation sites (tertiary alicyclic amines) is 1. The van der Waals surface area contributed by atoms with Crippen LogP contribution in [0.4, 0.5) is 0 Å². The number of rotatable bonds is 9. The fraction of sp³-hybridized carbons (Fsp3) is 0.545. The van der Waals surface area contributed by atoms with Crippen molar-refractivity contribution in [3.8, 4) is 0 Å². The molecule has 28 heavy (non-hydrogen) atoms. The van der Waals surface area contributed by atoms with Gasteiger partial charge in [0.1, 0.15) is 0 Å². The van der Waals surface area contributed by atoms with Gasteiger partial charge < -0.3 is 15.0 Å². The van der Waals surface area contributed by atoms with Gasteiger partial charge in [-0.05, 0) is 25.3 Å². The first-order chi connectivity index (χ1) is 13.8. The van der Waals surface area contributed by atoms with Gasteiger partial charge in [0.25, 0.3) is 0 Å². The molecule has 1 aromatic carbocycles. The zero-order valence-corrected chi connectivity index (χ0v) is 17.9. The number of nitrogens with zero attached hydrogens (tertiary/aromatic N) is 3. The van der Waals surface area contributed by atoms with Crippen LogP contribution in [0, 0.1) is 5.92 Å². The molecule has 1 unspecified atom stereocenters. The summed E-state index contributed by atoms with van der Waals surface area (Å²) in [5, 5.41) is 6.82. The zero-order valence-electron chi connectivity index (χ0n) is 17.1. The molecule has 0 saturated carbocycles. The summed E-state index contributed by atoms with van der Waals surface area (Å²) >= 11 is 1.75. The molecular formula is C22H32N4OS. The molecule has 0 bridgehead atoms. The summed E-state index contributed by atoms with van der Waals surface area (Å²) in [4.78, 5) is 11.9. The molecule has 0 aliphatic carbocycles. The lowest BCUT2D eigenvalue weighted by atomic mass is 10.1. The number of nitrogens with one attached hydrogen (secondary N) is 1. The molecule has 3 rings (SSSR count). The van der Waals surface area contributed by atoms with Crippen LogP contribution in [0.15, 0.2) is 40.7 Å². The van der Waals surface area contributed by atoms with Crippen molar-refractivity contribution in [2.24, 2.45) is 10.9 Å². The van der Waals surface area contributed by atoms with E-state index in [2.05, 4.69) is 58.7 Å². The van der Waals surface area contributed by atoms with Crippen LogP contribution in [0.25, 0.3) is 0 Å². The largest absolute Gasteiger partial charge is 0.376 e. The molecule has 5 nitrogen and oxygen atoms in total. The van der Waals surface area contributed by atoms with Crippen molar-refractivity contribution in [1.29, 1.82) is 0 Å². The Kier molecular flexibility index (Phi) is 8.30. The van der Waals surface area contributed by atoms with E-state index in [1.54, 1.807) is 11.3 Å². The lowest BCUT2D eigenvalue weighted by Crippen LogP contribution is -2.40. The van der Waals surface area contributed by atoms with Crippen LogP contribution in [0.2, 0.25) is 0 Å². The quantitative estimate of drug-likeness (QED) is 0.514. The average molecular weight is 401 g/mol. The monoisotopic (exact) mass is 400 g/mol. The van der Waals surface area contributed by atoms with Crippen molar-refractivity contribution in [1.82, 2.24) is 15.2 Å². The van der Waals surface area contributed by atoms with Crippen LogP contribution < -0.4 is 5.32 Å². The van der Waals surface area contributed by atoms with Crippen LogP contribution in [-0.4, -0.2) is 48.6 Å². The number of benzene rings is 1. The Morgan fingerprint density at radius 1 is 1.32 bits per heavy atom. The minimum absolute atomic E-state index is 0.568. The van der Waals surface area contributed by atoms with Gasteiger partial charge in [0.05, 0.1) is 23.9 Å². The van der Waals surface area contributed by atoms with Crippen LogP contribution in [0.3, 0.4) is 0 Å². The normalized spacial score (nSPS) is 17.3. The van der Waals surface area contributed by atoms with E-state index in [9.17, 15) is 0 Å². The molecule has 2 aromatic rings. The number of hydrogen-bond acceptors (Lipinski definition) is 4. The van der Waals surface area contributed by atoms with E-state index in [1.165, 1.54) is 10.6 Å². The molecular weight excluding hydrogens is 368 g/mol. The van der Waals surface area contributed by atoms with E-state index in [4.69, 9.17) is 9.73 Å². The highest BCUT2D eigenvalue weighted by Gasteiger charge is 2.25. The van der Waals surface area contributed by atoms with Crippen LogP contribution >= 0.6 is 11.3 Å². The van der Waals surface area contributed by atoms with Gasteiger partial charge in [-0.2, -0.15) is 0 Å². The number of thiazole rings is 1. The maximum Gasteiger partial charge on any atom is 0.193 e.